The molecule has 0 heterocycles. The summed E-state index contributed by atoms with van der Waals surface area (Å²) in [6, 6.07) is -12.9. The van der Waals surface area contributed by atoms with Crippen molar-refractivity contribution < 1.29 is 82.8 Å². The van der Waals surface area contributed by atoms with Crippen LogP contribution in [0.25, 0.3) is 0 Å². The molecule has 0 aromatic heterocycles. The van der Waals surface area contributed by atoms with Crippen LogP contribution in [0.4, 0.5) is 0 Å². The number of rotatable bonds is 42. The number of aliphatic imine (C=N–C) groups is 1. The van der Waals surface area contributed by atoms with Gasteiger partial charge in [-0.3, -0.25) is 62.5 Å². The summed E-state index contributed by atoms with van der Waals surface area (Å²) in [6.45, 7) is 0.271. The molecule has 0 aliphatic rings. The molecule has 32 heteroatoms. The van der Waals surface area contributed by atoms with Crippen LogP contribution in [-0.4, -0.2) is 171 Å². The van der Waals surface area contributed by atoms with Crippen molar-refractivity contribution in [2.45, 2.75) is 164 Å². The zero-order valence-electron chi connectivity index (χ0n) is 41.6. The molecule has 0 aliphatic heterocycles. The third-order valence-corrected chi connectivity index (χ3v) is 10.9. The number of aliphatic carboxylic acids is 4. The Labute approximate surface area is 430 Å². The van der Waals surface area contributed by atoms with Crippen molar-refractivity contribution >= 4 is 83.0 Å². The molecule has 0 radical (unpaired) electrons. The lowest BCUT2D eigenvalue weighted by atomic mass is 10.0. The number of nitrogens with two attached hydrogens (primary N) is 7. The first-order valence-corrected chi connectivity index (χ1v) is 24.0. The molecule has 0 fully saturated rings. The molecule has 75 heavy (non-hydrogen) atoms. The summed E-state index contributed by atoms with van der Waals surface area (Å²) in [6.07, 6.45) is -4.84. The van der Waals surface area contributed by atoms with Crippen molar-refractivity contribution in [1.82, 2.24) is 37.2 Å². The number of primary amides is 2. The quantitative estimate of drug-likeness (QED) is 0.0153. The van der Waals surface area contributed by atoms with Crippen LogP contribution in [0.15, 0.2) is 4.99 Å². The lowest BCUT2D eigenvalue weighted by molar-refractivity contribution is -0.143. The largest absolute Gasteiger partial charge is 0.481 e. The van der Waals surface area contributed by atoms with E-state index in [0.717, 1.165) is 0 Å². The number of carboxylic acid groups (broad SMARTS) is 4. The molecule has 0 rings (SSSR count). The van der Waals surface area contributed by atoms with Crippen LogP contribution in [0.2, 0.25) is 0 Å². The summed E-state index contributed by atoms with van der Waals surface area (Å²) < 4.78 is 0. The van der Waals surface area contributed by atoms with Gasteiger partial charge in [-0.05, 0) is 96.6 Å². The second kappa shape index (κ2) is 37.1. The summed E-state index contributed by atoms with van der Waals surface area (Å²) in [7, 11) is 0. The zero-order chi connectivity index (χ0) is 57.2. The Morgan fingerprint density at radius 1 is 0.360 bits per heavy atom. The molecule has 0 bridgehead atoms. The molecule has 424 valence electrons. The van der Waals surface area contributed by atoms with Crippen LogP contribution >= 0.6 is 0 Å². The first-order chi connectivity index (χ1) is 35.2. The fourth-order valence-electron chi connectivity index (χ4n) is 6.79. The van der Waals surface area contributed by atoms with Crippen LogP contribution in [0, 0.1) is 0 Å². The van der Waals surface area contributed by atoms with Gasteiger partial charge < -0.3 is 97.8 Å². The maximum atomic E-state index is 14.2. The topological polar surface area (TPSA) is 582 Å². The van der Waals surface area contributed by atoms with Crippen molar-refractivity contribution in [3.63, 3.8) is 0 Å². The minimum Gasteiger partial charge on any atom is -0.481 e. The summed E-state index contributed by atoms with van der Waals surface area (Å²) in [4.78, 5) is 169. The Hall–Kier alpha value is -7.74. The number of unbranched alkanes of at least 4 members (excludes halogenated alkanes) is 2. The van der Waals surface area contributed by atoms with Gasteiger partial charge in [-0.1, -0.05) is 0 Å². The third-order valence-electron chi connectivity index (χ3n) is 10.9. The fourth-order valence-corrected chi connectivity index (χ4v) is 6.79. The van der Waals surface area contributed by atoms with E-state index in [1.54, 1.807) is 0 Å². The average molecular weight is 1070 g/mol. The standard InChI is InChI=1S/C43H75N15O17/c44-19-3-1-6-23(36(68)56-28(13-18-34(65)66)41(73)58-29(42(74)75)7-2-4-20-45)53-37(69)24(8-5-21-51-43(49)50)54-40(72)27(12-17-33(63)64)57-38(70)25(10-15-31(48)60)55-39(71)26(11-16-32(61)62)52-35(67)22(46)9-14-30(47)59/h22-29H,1-21,44-46H2,(H2,47,59)(H2,48,60)(H,52,67)(H,53,69)(H,54,72)(H,55,71)(H,56,68)(H,57,70)(H,58,73)(H,61,62)(H,63,64)(H,65,66)(H,74,75)(H4,49,50,51)/t22-,23-,24-,25-,26-,27-,28-,29-/m0/s1. The van der Waals surface area contributed by atoms with Gasteiger partial charge in [-0.15, -0.1) is 0 Å². The molecule has 32 nitrogen and oxygen atoms in total. The molecule has 8 atom stereocenters. The minimum atomic E-state index is -1.83. The van der Waals surface area contributed by atoms with E-state index in [2.05, 4.69) is 42.2 Å². The Balaban J connectivity index is 7.00. The number of carbonyl (C=O) groups is 13. The van der Waals surface area contributed by atoms with Gasteiger partial charge in [-0.2, -0.15) is 0 Å². The lowest BCUT2D eigenvalue weighted by Crippen LogP contribution is -2.60. The summed E-state index contributed by atoms with van der Waals surface area (Å²) in [5, 5.41) is 54.3. The number of nitrogens with zero attached hydrogens (tertiary/aromatic N) is 1. The number of guanidine groups is 1. The molecule has 0 aliphatic carbocycles. The smallest absolute Gasteiger partial charge is 0.326 e. The Kier molecular flexibility index (Phi) is 33.2. The van der Waals surface area contributed by atoms with Crippen LogP contribution in [-0.2, 0) is 62.3 Å². The van der Waals surface area contributed by atoms with Gasteiger partial charge in [0.1, 0.15) is 42.3 Å². The number of hydrogen-bond donors (Lipinski definition) is 18. The summed E-state index contributed by atoms with van der Waals surface area (Å²) >= 11 is 0. The number of nitrogens with one attached hydrogen (secondary N) is 7. The van der Waals surface area contributed by atoms with Crippen molar-refractivity contribution in [3.05, 3.63) is 0 Å². The van der Waals surface area contributed by atoms with E-state index in [9.17, 15) is 82.8 Å². The second-order valence-corrected chi connectivity index (χ2v) is 17.2. The molecule has 0 aromatic rings. The summed E-state index contributed by atoms with van der Waals surface area (Å²) in [5.74, 6) is -15.5. The van der Waals surface area contributed by atoms with E-state index in [0.29, 0.717) is 19.3 Å². The van der Waals surface area contributed by atoms with Gasteiger partial charge in [0.2, 0.25) is 53.2 Å². The van der Waals surface area contributed by atoms with Gasteiger partial charge in [-0.25, -0.2) is 4.79 Å². The Bertz CT molecular complexity index is 2010. The molecule has 0 aromatic carbocycles. The fraction of sp³-hybridized carbons (Fsp3) is 0.674. The minimum absolute atomic E-state index is 0.0310. The van der Waals surface area contributed by atoms with Crippen molar-refractivity contribution in [2.75, 3.05) is 19.6 Å². The molecule has 0 saturated heterocycles. The van der Waals surface area contributed by atoms with Gasteiger partial charge in [0.25, 0.3) is 0 Å². The van der Waals surface area contributed by atoms with E-state index < -0.39 is 177 Å². The maximum Gasteiger partial charge on any atom is 0.326 e. The van der Waals surface area contributed by atoms with E-state index in [-0.39, 0.29) is 70.5 Å². The average Bonchev–Trinajstić information content (AvgIpc) is 3.32. The molecular weight excluding hydrogens is 999 g/mol. The highest BCUT2D eigenvalue weighted by molar-refractivity contribution is 5.98. The number of carboxylic acids is 4. The van der Waals surface area contributed by atoms with Crippen LogP contribution < -0.4 is 77.4 Å². The molecule has 0 unspecified atom stereocenters. The van der Waals surface area contributed by atoms with E-state index >= 15 is 0 Å². The van der Waals surface area contributed by atoms with Crippen molar-refractivity contribution in [1.29, 1.82) is 0 Å². The van der Waals surface area contributed by atoms with Gasteiger partial charge in [0, 0.05) is 38.6 Å². The molecule has 0 spiro atoms. The summed E-state index contributed by atoms with van der Waals surface area (Å²) in [5.41, 5.74) is 38.2. The van der Waals surface area contributed by atoms with E-state index in [1.165, 1.54) is 0 Å². The Morgan fingerprint density at radius 2 is 0.640 bits per heavy atom. The lowest BCUT2D eigenvalue weighted by Gasteiger charge is -2.28. The molecule has 25 N–H and O–H groups in total. The molecular formula is C43H75N15O17. The predicted molar refractivity (Wildman–Crippen MR) is 262 cm³/mol. The van der Waals surface area contributed by atoms with Crippen molar-refractivity contribution in [2.24, 2.45) is 45.1 Å². The predicted octanol–water partition coefficient (Wildman–Crippen LogP) is -6.77. The van der Waals surface area contributed by atoms with E-state index in [1.807, 2.05) is 0 Å². The van der Waals surface area contributed by atoms with Gasteiger partial charge in [0.15, 0.2) is 5.96 Å². The second-order valence-electron chi connectivity index (χ2n) is 17.2. The van der Waals surface area contributed by atoms with Crippen LogP contribution in [0.5, 0.6) is 0 Å². The normalized spacial score (nSPS) is 14.0. The highest BCUT2D eigenvalue weighted by Crippen LogP contribution is 2.11. The SMILES string of the molecule is NCCCC[C@H](NC(=O)[C@H](CCC(=O)O)NC(=O)[C@H](CCCCN)NC(=O)[C@H](CCCN=C(N)N)NC(=O)[C@H](CCC(=O)O)NC(=O)[C@H](CCC(N)=O)NC(=O)[C@H](CCC(=O)O)NC(=O)[C@@H](N)CCC(N)=O)C(=O)O. The number of hydrogen-bond acceptors (Lipinski definition) is 17. The van der Waals surface area contributed by atoms with E-state index in [4.69, 9.17) is 40.1 Å². The molecule has 0 saturated carbocycles. The highest BCUT2D eigenvalue weighted by Gasteiger charge is 2.35. The third kappa shape index (κ3) is 30.8. The van der Waals surface area contributed by atoms with Crippen LogP contribution in [0.1, 0.15) is 116 Å². The van der Waals surface area contributed by atoms with Crippen LogP contribution in [0.3, 0.4) is 0 Å². The maximum absolute atomic E-state index is 14.2. The number of amides is 9. The van der Waals surface area contributed by atoms with Crippen molar-refractivity contribution in [3.8, 4) is 0 Å². The monoisotopic (exact) mass is 1070 g/mol. The van der Waals surface area contributed by atoms with Gasteiger partial charge in [0.05, 0.1) is 6.04 Å². The first kappa shape index (κ1) is 67.3. The highest BCUT2D eigenvalue weighted by atomic mass is 16.4. The number of carbonyl (C=O) groups excluding carboxylic acids is 9. The zero-order valence-corrected chi connectivity index (χ0v) is 41.6. The first-order valence-electron chi connectivity index (χ1n) is 24.0. The Morgan fingerprint density at radius 3 is 0.947 bits per heavy atom. The van der Waals surface area contributed by atoms with Gasteiger partial charge >= 0.3 is 23.9 Å². The molecule has 9 amide bonds.